The van der Waals surface area contributed by atoms with Crippen molar-refractivity contribution in [3.8, 4) is 0 Å². The topological polar surface area (TPSA) is 74.7 Å². The van der Waals surface area contributed by atoms with Gasteiger partial charge in [0.15, 0.2) is 5.78 Å². The van der Waals surface area contributed by atoms with E-state index < -0.39 is 23.5 Å². The first-order chi connectivity index (χ1) is 15.6. The van der Waals surface area contributed by atoms with Gasteiger partial charge in [-0.15, -0.1) is 0 Å². The highest BCUT2D eigenvalue weighted by atomic mass is 35.5. The summed E-state index contributed by atoms with van der Waals surface area (Å²) in [5.41, 5.74) is 0.580. The highest BCUT2D eigenvalue weighted by molar-refractivity contribution is 6.30. The number of hydrogen-bond acceptors (Lipinski definition) is 3. The first kappa shape index (κ1) is 25.3. The van der Waals surface area contributed by atoms with E-state index >= 15 is 0 Å². The number of piperidine rings is 1. The number of benzene rings is 2. The van der Waals surface area contributed by atoms with Crippen molar-refractivity contribution in [3.63, 3.8) is 0 Å². The Hall–Kier alpha value is -2.37. The van der Waals surface area contributed by atoms with Crippen LogP contribution in [0.1, 0.15) is 69.5 Å². The minimum Gasteiger partial charge on any atom is -0.481 e. The number of Topliss-reactive ketones (excluding diaryl/α,β-unsaturated/α-hetero) is 1. The summed E-state index contributed by atoms with van der Waals surface area (Å²) in [7, 11) is 0. The number of amides is 1. The van der Waals surface area contributed by atoms with Gasteiger partial charge in [0.25, 0.3) is 0 Å². The second-order valence-electron chi connectivity index (χ2n) is 8.95. The monoisotopic (exact) mass is 489 g/mol. The lowest BCUT2D eigenvalue weighted by molar-refractivity contribution is -0.162. The minimum atomic E-state index is -1.16. The zero-order valence-electron chi connectivity index (χ0n) is 19.1. The molecule has 2 aromatic carbocycles. The number of aliphatic carboxylic acids is 1. The lowest BCUT2D eigenvalue weighted by Gasteiger charge is -2.51. The van der Waals surface area contributed by atoms with Crippen LogP contribution in [0.25, 0.3) is 0 Å². The van der Waals surface area contributed by atoms with Crippen molar-refractivity contribution in [2.24, 2.45) is 5.41 Å². The van der Waals surface area contributed by atoms with Crippen molar-refractivity contribution >= 4 is 40.9 Å². The van der Waals surface area contributed by atoms with Crippen molar-refractivity contribution in [3.05, 3.63) is 69.7 Å². The Labute approximate surface area is 204 Å². The number of likely N-dealkylation sites (tertiary alicyclic amines) is 1. The van der Waals surface area contributed by atoms with E-state index in [-0.39, 0.29) is 30.4 Å². The Morgan fingerprint density at radius 1 is 1.09 bits per heavy atom. The standard InChI is InChI=1S/C26H29Cl2NO4/c1-4-21(22(30)5-2)29-24(16-9-11-18(27)12-10-16)20(17-7-6-8-19(28)13-17)14-26(3,25(29)33)15-23(31)32/h6-13,20-21,24H,4-5,14-15H2,1-3H3,(H,31,32)/t20-,21+,24?,26-/m1/s1. The molecule has 0 aliphatic carbocycles. The van der Waals surface area contributed by atoms with Crippen LogP contribution in [0.4, 0.5) is 0 Å². The van der Waals surface area contributed by atoms with Gasteiger partial charge in [-0.3, -0.25) is 14.4 Å². The molecule has 1 heterocycles. The number of rotatable bonds is 8. The smallest absolute Gasteiger partial charge is 0.304 e. The van der Waals surface area contributed by atoms with Gasteiger partial charge in [-0.2, -0.15) is 0 Å². The maximum Gasteiger partial charge on any atom is 0.304 e. The highest BCUT2D eigenvalue weighted by Crippen LogP contribution is 2.52. The molecule has 1 amide bonds. The molecule has 1 N–H and O–H groups in total. The van der Waals surface area contributed by atoms with Crippen molar-refractivity contribution < 1.29 is 19.5 Å². The van der Waals surface area contributed by atoms with Gasteiger partial charge < -0.3 is 10.0 Å². The van der Waals surface area contributed by atoms with Gasteiger partial charge in [0.2, 0.25) is 5.91 Å². The van der Waals surface area contributed by atoms with Crippen LogP contribution >= 0.6 is 23.2 Å². The SMILES string of the molecule is CCC(=O)[C@H](CC)N1C(=O)[C@@](C)(CC(=O)O)C[C@H](c2cccc(Cl)c2)C1c1ccc(Cl)cc1. The fourth-order valence-corrected chi connectivity index (χ4v) is 5.36. The molecule has 176 valence electrons. The zero-order valence-corrected chi connectivity index (χ0v) is 20.6. The molecule has 1 fully saturated rings. The van der Waals surface area contributed by atoms with Gasteiger partial charge in [0, 0.05) is 22.4 Å². The Bertz CT molecular complexity index is 1040. The second-order valence-corrected chi connectivity index (χ2v) is 9.82. The largest absolute Gasteiger partial charge is 0.481 e. The summed E-state index contributed by atoms with van der Waals surface area (Å²) in [6.45, 7) is 5.35. The number of ketones is 1. The molecule has 0 aromatic heterocycles. The van der Waals surface area contributed by atoms with Crippen LogP contribution in [0, 0.1) is 5.41 Å². The van der Waals surface area contributed by atoms with Crippen LogP contribution in [0.15, 0.2) is 48.5 Å². The summed E-state index contributed by atoms with van der Waals surface area (Å²) >= 11 is 12.5. The van der Waals surface area contributed by atoms with E-state index in [2.05, 4.69) is 0 Å². The Kier molecular flexibility index (Phi) is 7.86. The van der Waals surface area contributed by atoms with Gasteiger partial charge in [-0.1, -0.05) is 68.2 Å². The van der Waals surface area contributed by atoms with E-state index in [0.29, 0.717) is 22.9 Å². The van der Waals surface area contributed by atoms with Gasteiger partial charge >= 0.3 is 5.97 Å². The number of nitrogens with zero attached hydrogens (tertiary/aromatic N) is 1. The van der Waals surface area contributed by atoms with E-state index in [1.165, 1.54) is 0 Å². The molecule has 4 atom stereocenters. The molecular formula is C26H29Cl2NO4. The van der Waals surface area contributed by atoms with Crippen molar-refractivity contribution in [1.29, 1.82) is 0 Å². The van der Waals surface area contributed by atoms with Crippen LogP contribution < -0.4 is 0 Å². The third-order valence-corrected chi connectivity index (χ3v) is 7.06. The molecule has 0 spiro atoms. The van der Waals surface area contributed by atoms with E-state index in [1.807, 2.05) is 37.3 Å². The summed E-state index contributed by atoms with van der Waals surface area (Å²) in [4.78, 5) is 40.4. The number of hydrogen-bond donors (Lipinski definition) is 1. The van der Waals surface area contributed by atoms with E-state index in [4.69, 9.17) is 23.2 Å². The van der Waals surface area contributed by atoms with Gasteiger partial charge in [0.05, 0.1) is 23.9 Å². The average Bonchev–Trinajstić information content (AvgIpc) is 2.77. The molecule has 2 aromatic rings. The molecule has 0 saturated carbocycles. The summed E-state index contributed by atoms with van der Waals surface area (Å²) in [6.07, 6.45) is 0.726. The maximum atomic E-state index is 14.0. The van der Waals surface area contributed by atoms with Crippen LogP contribution in [0.5, 0.6) is 0 Å². The Morgan fingerprint density at radius 3 is 2.30 bits per heavy atom. The molecule has 7 heteroatoms. The first-order valence-corrected chi connectivity index (χ1v) is 11.9. The second kappa shape index (κ2) is 10.3. The van der Waals surface area contributed by atoms with Gasteiger partial charge in [0.1, 0.15) is 0 Å². The fraction of sp³-hybridized carbons (Fsp3) is 0.423. The molecule has 1 unspecified atom stereocenters. The molecule has 1 aliphatic rings. The third-order valence-electron chi connectivity index (χ3n) is 6.57. The maximum absolute atomic E-state index is 14.0. The summed E-state index contributed by atoms with van der Waals surface area (Å²) in [5.74, 6) is -1.66. The Morgan fingerprint density at radius 2 is 1.76 bits per heavy atom. The number of carboxylic acids is 1. The predicted octanol–water partition coefficient (Wildman–Crippen LogP) is 6.29. The highest BCUT2D eigenvalue weighted by Gasteiger charge is 2.53. The molecule has 5 nitrogen and oxygen atoms in total. The van der Waals surface area contributed by atoms with Gasteiger partial charge in [-0.05, 0) is 48.2 Å². The van der Waals surface area contributed by atoms with Crippen LogP contribution in [0.3, 0.4) is 0 Å². The quantitative estimate of drug-likeness (QED) is 0.472. The summed E-state index contributed by atoms with van der Waals surface area (Å²) in [6, 6.07) is 13.6. The molecule has 3 rings (SSSR count). The van der Waals surface area contributed by atoms with Crippen molar-refractivity contribution in [1.82, 2.24) is 4.90 Å². The molecular weight excluding hydrogens is 461 g/mol. The number of carbonyl (C=O) groups excluding carboxylic acids is 2. The number of carboxylic acid groups (broad SMARTS) is 1. The molecule has 33 heavy (non-hydrogen) atoms. The van der Waals surface area contributed by atoms with Crippen molar-refractivity contribution in [2.75, 3.05) is 0 Å². The number of halogens is 2. The lowest BCUT2D eigenvalue weighted by Crippen LogP contribution is -2.57. The first-order valence-electron chi connectivity index (χ1n) is 11.2. The normalized spacial score (nSPS) is 23.9. The van der Waals surface area contributed by atoms with Gasteiger partial charge in [-0.25, -0.2) is 0 Å². The van der Waals surface area contributed by atoms with Crippen LogP contribution in [-0.4, -0.2) is 33.7 Å². The molecule has 0 radical (unpaired) electrons. The van der Waals surface area contributed by atoms with Crippen molar-refractivity contribution in [2.45, 2.75) is 64.5 Å². The lowest BCUT2D eigenvalue weighted by atomic mass is 9.67. The zero-order chi connectivity index (χ0) is 24.3. The minimum absolute atomic E-state index is 0.0470. The van der Waals surface area contributed by atoms with E-state index in [9.17, 15) is 19.5 Å². The van der Waals surface area contributed by atoms with E-state index in [1.54, 1.807) is 36.9 Å². The summed E-state index contributed by atoms with van der Waals surface area (Å²) in [5, 5.41) is 10.8. The Balaban J connectivity index is 2.27. The van der Waals surface area contributed by atoms with Crippen LogP contribution in [-0.2, 0) is 14.4 Å². The van der Waals surface area contributed by atoms with E-state index in [0.717, 1.165) is 11.1 Å². The number of carbonyl (C=O) groups is 3. The molecule has 1 saturated heterocycles. The third kappa shape index (κ3) is 5.25. The molecule has 1 aliphatic heterocycles. The average molecular weight is 490 g/mol. The molecule has 0 bridgehead atoms. The summed E-state index contributed by atoms with van der Waals surface area (Å²) < 4.78 is 0. The fourth-order valence-electron chi connectivity index (χ4n) is 5.04. The van der Waals surface area contributed by atoms with Crippen LogP contribution in [0.2, 0.25) is 10.0 Å². The predicted molar refractivity (Wildman–Crippen MR) is 130 cm³/mol.